The average Bonchev–Trinajstić information content (AvgIpc) is 2.61. The van der Waals surface area contributed by atoms with Crippen molar-refractivity contribution in [2.24, 2.45) is 11.8 Å². The molecule has 0 saturated carbocycles. The van der Waals surface area contributed by atoms with Gasteiger partial charge in [-0.3, -0.25) is 19.6 Å². The zero-order valence-electron chi connectivity index (χ0n) is 14.4. The lowest BCUT2D eigenvalue weighted by atomic mass is 9.95. The molecule has 3 amide bonds. The number of carbonyl (C=O) groups excluding carboxylic acids is 3. The summed E-state index contributed by atoms with van der Waals surface area (Å²) < 4.78 is 0. The van der Waals surface area contributed by atoms with Crippen molar-refractivity contribution in [1.29, 1.82) is 0 Å². The predicted molar refractivity (Wildman–Crippen MR) is 90.2 cm³/mol. The van der Waals surface area contributed by atoms with E-state index in [2.05, 4.69) is 10.6 Å². The summed E-state index contributed by atoms with van der Waals surface area (Å²) in [5.41, 5.74) is 2.33. The number of aliphatic hydroxyl groups is 1. The summed E-state index contributed by atoms with van der Waals surface area (Å²) in [5.74, 6) is -3.28. The quantitative estimate of drug-likeness (QED) is 0.242. The summed E-state index contributed by atoms with van der Waals surface area (Å²) in [7, 11) is 0. The number of nitrogens with one attached hydrogen (secondary N) is 3. The minimum absolute atomic E-state index is 0.0209. The van der Waals surface area contributed by atoms with Crippen molar-refractivity contribution in [3.63, 3.8) is 0 Å². The number of hydrogen-bond acceptors (Lipinski definition) is 5. The van der Waals surface area contributed by atoms with Crippen LogP contribution in [0.2, 0.25) is 0 Å². The van der Waals surface area contributed by atoms with Gasteiger partial charge in [-0.15, -0.1) is 0 Å². The number of hydrogen-bond donors (Lipinski definition) is 5. The first-order chi connectivity index (χ1) is 11.9. The highest BCUT2D eigenvalue weighted by Gasteiger charge is 2.30. The Labute approximate surface area is 146 Å². The summed E-state index contributed by atoms with van der Waals surface area (Å²) in [6.07, 6.45) is 0.196. The van der Waals surface area contributed by atoms with Gasteiger partial charge in [0.25, 0.3) is 5.91 Å². The van der Waals surface area contributed by atoms with Crippen molar-refractivity contribution < 1.29 is 24.7 Å². The summed E-state index contributed by atoms with van der Waals surface area (Å²) in [6, 6.07) is 7.99. The van der Waals surface area contributed by atoms with Crippen LogP contribution < -0.4 is 16.1 Å². The molecule has 1 rings (SSSR count). The molecule has 0 heterocycles. The molecule has 8 nitrogen and oxygen atoms in total. The fourth-order valence-corrected chi connectivity index (χ4v) is 2.26. The third-order valence-corrected chi connectivity index (χ3v) is 3.58. The van der Waals surface area contributed by atoms with Crippen LogP contribution in [-0.2, 0) is 20.9 Å². The van der Waals surface area contributed by atoms with Crippen molar-refractivity contribution in [3.05, 3.63) is 35.9 Å². The summed E-state index contributed by atoms with van der Waals surface area (Å²) in [6.45, 7) is 3.28. The zero-order valence-corrected chi connectivity index (χ0v) is 14.4. The van der Waals surface area contributed by atoms with Gasteiger partial charge in [0, 0.05) is 6.54 Å². The average molecular weight is 351 g/mol. The van der Waals surface area contributed by atoms with Gasteiger partial charge in [-0.05, 0) is 17.9 Å². The number of rotatable bonds is 9. The number of carbonyl (C=O) groups is 3. The molecule has 0 aliphatic heterocycles. The molecule has 1 aromatic rings. The van der Waals surface area contributed by atoms with Crippen LogP contribution in [0.25, 0.3) is 0 Å². The van der Waals surface area contributed by atoms with Gasteiger partial charge in [0.1, 0.15) is 12.0 Å². The summed E-state index contributed by atoms with van der Waals surface area (Å²) in [4.78, 5) is 36.0. The van der Waals surface area contributed by atoms with Crippen LogP contribution in [0.15, 0.2) is 30.3 Å². The Morgan fingerprint density at radius 3 is 2.20 bits per heavy atom. The fraction of sp³-hybridized carbons (Fsp3) is 0.471. The molecular weight excluding hydrogens is 326 g/mol. The third kappa shape index (κ3) is 6.90. The molecule has 0 unspecified atom stereocenters. The Kier molecular flexibility index (Phi) is 8.59. The lowest BCUT2D eigenvalue weighted by Gasteiger charge is -2.21. The molecule has 0 spiro atoms. The van der Waals surface area contributed by atoms with E-state index < -0.39 is 36.3 Å². The molecule has 1 aromatic carbocycles. The Morgan fingerprint density at radius 1 is 1.04 bits per heavy atom. The molecule has 138 valence electrons. The Balaban J connectivity index is 2.66. The molecule has 8 heteroatoms. The molecule has 0 saturated heterocycles. The Hall–Kier alpha value is -2.45. The maximum Gasteiger partial charge on any atom is 0.255 e. The minimum atomic E-state index is -1.18. The molecular formula is C17H25N3O5. The van der Waals surface area contributed by atoms with Gasteiger partial charge in [0.05, 0.1) is 6.61 Å². The second-order valence-corrected chi connectivity index (χ2v) is 6.11. The topological polar surface area (TPSA) is 128 Å². The van der Waals surface area contributed by atoms with Crippen LogP contribution in [0.3, 0.4) is 0 Å². The first kappa shape index (κ1) is 20.6. The van der Waals surface area contributed by atoms with E-state index >= 15 is 0 Å². The molecule has 0 aliphatic carbocycles. The van der Waals surface area contributed by atoms with E-state index in [1.807, 2.05) is 44.2 Å². The summed E-state index contributed by atoms with van der Waals surface area (Å²) in [5, 5.41) is 23.1. The van der Waals surface area contributed by atoms with Crippen LogP contribution in [0.4, 0.5) is 0 Å². The lowest BCUT2D eigenvalue weighted by molar-refractivity contribution is -0.143. The van der Waals surface area contributed by atoms with E-state index in [0.29, 0.717) is 0 Å². The number of aliphatic hydroxyl groups excluding tert-OH is 1. The first-order valence-corrected chi connectivity index (χ1v) is 8.05. The van der Waals surface area contributed by atoms with Crippen molar-refractivity contribution >= 4 is 17.7 Å². The predicted octanol–water partition coefficient (Wildman–Crippen LogP) is -0.0524. The van der Waals surface area contributed by atoms with E-state index in [1.54, 1.807) is 0 Å². The van der Waals surface area contributed by atoms with E-state index in [4.69, 9.17) is 5.21 Å². The molecule has 0 bridgehead atoms. The monoisotopic (exact) mass is 351 g/mol. The molecule has 0 fully saturated rings. The van der Waals surface area contributed by atoms with Gasteiger partial charge in [0.15, 0.2) is 0 Å². The molecule has 0 radical (unpaired) electrons. The van der Waals surface area contributed by atoms with Crippen molar-refractivity contribution in [2.45, 2.75) is 32.9 Å². The van der Waals surface area contributed by atoms with Gasteiger partial charge in [-0.1, -0.05) is 44.2 Å². The highest BCUT2D eigenvalue weighted by molar-refractivity contribution is 6.01. The van der Waals surface area contributed by atoms with E-state index in [9.17, 15) is 19.5 Å². The Morgan fingerprint density at radius 2 is 1.68 bits per heavy atom. The maximum absolute atomic E-state index is 12.3. The second-order valence-electron chi connectivity index (χ2n) is 6.11. The van der Waals surface area contributed by atoms with Gasteiger partial charge in [-0.25, -0.2) is 5.48 Å². The number of hydroxylamine groups is 1. The van der Waals surface area contributed by atoms with Crippen molar-refractivity contribution in [1.82, 2.24) is 16.1 Å². The first-order valence-electron chi connectivity index (χ1n) is 8.05. The molecule has 5 N–H and O–H groups in total. The number of amides is 3. The standard InChI is InChI=1S/C17H25N3O5/c1-11(2)8-13(16(23)20-25)15(22)19-14(10-21)17(24)18-9-12-6-4-3-5-7-12/h3-7,11,13-14,21,25H,8-10H2,1-2H3,(H,18,24)(H,19,22)(H,20,23)/t13-,14+/m1/s1. The third-order valence-electron chi connectivity index (χ3n) is 3.58. The van der Waals surface area contributed by atoms with Gasteiger partial charge in [-0.2, -0.15) is 0 Å². The zero-order chi connectivity index (χ0) is 18.8. The fourth-order valence-electron chi connectivity index (χ4n) is 2.26. The highest BCUT2D eigenvalue weighted by atomic mass is 16.5. The van der Waals surface area contributed by atoms with E-state index in [0.717, 1.165) is 5.56 Å². The van der Waals surface area contributed by atoms with E-state index in [1.165, 1.54) is 5.48 Å². The van der Waals surface area contributed by atoms with Crippen LogP contribution in [0.1, 0.15) is 25.8 Å². The smallest absolute Gasteiger partial charge is 0.255 e. The molecule has 0 aliphatic rings. The number of benzene rings is 1. The van der Waals surface area contributed by atoms with Gasteiger partial charge >= 0.3 is 0 Å². The SMILES string of the molecule is CC(C)C[C@@H](C(=O)NO)C(=O)N[C@@H](CO)C(=O)NCc1ccccc1. The van der Waals surface area contributed by atoms with Gasteiger partial charge < -0.3 is 15.7 Å². The van der Waals surface area contributed by atoms with Crippen LogP contribution in [0, 0.1) is 11.8 Å². The van der Waals surface area contributed by atoms with Crippen molar-refractivity contribution in [2.75, 3.05) is 6.61 Å². The van der Waals surface area contributed by atoms with Crippen LogP contribution in [0.5, 0.6) is 0 Å². The Bertz CT molecular complexity index is 577. The lowest BCUT2D eigenvalue weighted by Crippen LogP contribution is -2.52. The minimum Gasteiger partial charge on any atom is -0.394 e. The molecule has 25 heavy (non-hydrogen) atoms. The van der Waals surface area contributed by atoms with Gasteiger partial charge in [0.2, 0.25) is 11.8 Å². The normalized spacial score (nSPS) is 13.0. The van der Waals surface area contributed by atoms with Crippen LogP contribution >= 0.6 is 0 Å². The highest BCUT2D eigenvalue weighted by Crippen LogP contribution is 2.12. The molecule has 0 aromatic heterocycles. The van der Waals surface area contributed by atoms with Crippen LogP contribution in [-0.4, -0.2) is 40.7 Å². The van der Waals surface area contributed by atoms with Crippen molar-refractivity contribution in [3.8, 4) is 0 Å². The molecule has 2 atom stereocenters. The van der Waals surface area contributed by atoms with E-state index in [-0.39, 0.29) is 18.9 Å². The second kappa shape index (κ2) is 10.4. The maximum atomic E-state index is 12.3. The summed E-state index contributed by atoms with van der Waals surface area (Å²) >= 11 is 0. The largest absolute Gasteiger partial charge is 0.394 e.